The van der Waals surface area contributed by atoms with Gasteiger partial charge in [0.25, 0.3) is 0 Å². The third-order valence-corrected chi connectivity index (χ3v) is 3.12. The molecule has 2 rings (SSSR count). The molecule has 3 N–H and O–H groups in total. The van der Waals surface area contributed by atoms with Crippen LogP contribution < -0.4 is 5.73 Å². The van der Waals surface area contributed by atoms with Gasteiger partial charge in [-0.15, -0.1) is 0 Å². The van der Waals surface area contributed by atoms with Gasteiger partial charge in [-0.1, -0.05) is 34.1 Å². The van der Waals surface area contributed by atoms with Gasteiger partial charge in [0.2, 0.25) is 0 Å². The maximum Gasteiger partial charge on any atom is 0.116 e. The minimum absolute atomic E-state index is 0.266. The molecule has 2 aromatic carbocycles. The summed E-state index contributed by atoms with van der Waals surface area (Å²) in [6, 6.07) is 13.2. The van der Waals surface area contributed by atoms with Crippen LogP contribution in [0.5, 0.6) is 5.75 Å². The van der Waals surface area contributed by atoms with Crippen LogP contribution in [0.3, 0.4) is 0 Å². The highest BCUT2D eigenvalue weighted by Gasteiger charge is 2.04. The number of phenols is 1. The number of nitrogens with two attached hydrogens (primary N) is 1. The normalized spacial score (nSPS) is 10.4. The highest BCUT2D eigenvalue weighted by atomic mass is 79.9. The fourth-order valence-corrected chi connectivity index (χ4v) is 2.07. The first-order valence-electron chi connectivity index (χ1n) is 4.98. The molecule has 16 heavy (non-hydrogen) atoms. The maximum absolute atomic E-state index is 9.45. The van der Waals surface area contributed by atoms with Gasteiger partial charge in [-0.25, -0.2) is 0 Å². The summed E-state index contributed by atoms with van der Waals surface area (Å²) in [6.07, 6.45) is 0. The fourth-order valence-electron chi connectivity index (χ4n) is 1.59. The second-order valence-corrected chi connectivity index (χ2v) is 4.42. The van der Waals surface area contributed by atoms with Gasteiger partial charge in [0.1, 0.15) is 5.75 Å². The van der Waals surface area contributed by atoms with Crippen molar-refractivity contribution in [1.82, 2.24) is 0 Å². The van der Waals surface area contributed by atoms with E-state index in [1.807, 2.05) is 30.3 Å². The molecule has 0 atom stereocenters. The predicted molar refractivity (Wildman–Crippen MR) is 69.1 cm³/mol. The Bertz CT molecular complexity index is 511. The second kappa shape index (κ2) is 4.68. The molecule has 0 amide bonds. The zero-order valence-corrected chi connectivity index (χ0v) is 10.2. The van der Waals surface area contributed by atoms with E-state index in [4.69, 9.17) is 5.73 Å². The van der Waals surface area contributed by atoms with E-state index in [9.17, 15) is 5.11 Å². The minimum Gasteiger partial charge on any atom is -0.508 e. The van der Waals surface area contributed by atoms with Crippen LogP contribution in [0.25, 0.3) is 11.1 Å². The number of hydrogen-bond donors (Lipinski definition) is 2. The molecule has 0 aromatic heterocycles. The Morgan fingerprint density at radius 1 is 1.12 bits per heavy atom. The van der Waals surface area contributed by atoms with Crippen molar-refractivity contribution >= 4 is 15.9 Å². The van der Waals surface area contributed by atoms with Crippen LogP contribution in [-0.4, -0.2) is 5.11 Å². The molecule has 0 bridgehead atoms. The molecule has 3 heteroatoms. The number of hydrogen-bond acceptors (Lipinski definition) is 2. The summed E-state index contributed by atoms with van der Waals surface area (Å²) in [4.78, 5) is 0. The number of halogens is 1. The Morgan fingerprint density at radius 3 is 2.62 bits per heavy atom. The van der Waals surface area contributed by atoms with Crippen LogP contribution >= 0.6 is 15.9 Å². The van der Waals surface area contributed by atoms with E-state index in [1.165, 1.54) is 0 Å². The summed E-state index contributed by atoms with van der Waals surface area (Å²) in [6.45, 7) is 0.513. The van der Waals surface area contributed by atoms with Crippen molar-refractivity contribution in [2.24, 2.45) is 5.73 Å². The van der Waals surface area contributed by atoms with Gasteiger partial charge in [0.05, 0.1) is 0 Å². The first-order valence-corrected chi connectivity index (χ1v) is 5.78. The minimum atomic E-state index is 0.266. The van der Waals surface area contributed by atoms with E-state index >= 15 is 0 Å². The first kappa shape index (κ1) is 11.2. The molecule has 0 spiro atoms. The lowest BCUT2D eigenvalue weighted by Crippen LogP contribution is -1.96. The fraction of sp³-hybridized carbons (Fsp3) is 0.0769. The summed E-state index contributed by atoms with van der Waals surface area (Å²) in [5.41, 5.74) is 8.70. The van der Waals surface area contributed by atoms with Crippen molar-refractivity contribution in [2.45, 2.75) is 6.54 Å². The molecule has 0 heterocycles. The van der Waals surface area contributed by atoms with Crippen LogP contribution in [0.4, 0.5) is 0 Å². The van der Waals surface area contributed by atoms with Crippen molar-refractivity contribution in [3.8, 4) is 16.9 Å². The lowest BCUT2D eigenvalue weighted by atomic mass is 10.0. The van der Waals surface area contributed by atoms with E-state index in [-0.39, 0.29) is 5.75 Å². The van der Waals surface area contributed by atoms with Gasteiger partial charge in [-0.2, -0.15) is 0 Å². The average Bonchev–Trinajstić information content (AvgIpc) is 2.30. The van der Waals surface area contributed by atoms with Crippen LogP contribution in [-0.2, 0) is 6.54 Å². The van der Waals surface area contributed by atoms with Gasteiger partial charge >= 0.3 is 0 Å². The van der Waals surface area contributed by atoms with Crippen LogP contribution in [0, 0.1) is 0 Å². The van der Waals surface area contributed by atoms with Crippen molar-refractivity contribution < 1.29 is 5.11 Å². The summed E-state index contributed by atoms with van der Waals surface area (Å²) in [5.74, 6) is 0.266. The third-order valence-electron chi connectivity index (χ3n) is 2.42. The van der Waals surface area contributed by atoms with Crippen LogP contribution in [0.1, 0.15) is 5.56 Å². The zero-order chi connectivity index (χ0) is 11.5. The van der Waals surface area contributed by atoms with Crippen molar-refractivity contribution in [1.29, 1.82) is 0 Å². The van der Waals surface area contributed by atoms with E-state index in [1.54, 1.807) is 12.1 Å². The highest BCUT2D eigenvalue weighted by Crippen LogP contribution is 2.30. The maximum atomic E-state index is 9.45. The Balaban J connectivity index is 2.54. The molecule has 0 fully saturated rings. The molecular formula is C13H12BrNO. The molecule has 2 aromatic rings. The van der Waals surface area contributed by atoms with Crippen LogP contribution in [0.2, 0.25) is 0 Å². The van der Waals surface area contributed by atoms with E-state index < -0.39 is 0 Å². The molecule has 0 aliphatic rings. The molecule has 2 nitrogen and oxygen atoms in total. The first-order chi connectivity index (χ1) is 7.70. The highest BCUT2D eigenvalue weighted by molar-refractivity contribution is 9.10. The molecular weight excluding hydrogens is 266 g/mol. The van der Waals surface area contributed by atoms with Crippen molar-refractivity contribution in [2.75, 3.05) is 0 Å². The number of rotatable bonds is 2. The summed E-state index contributed by atoms with van der Waals surface area (Å²) < 4.78 is 0.996. The largest absolute Gasteiger partial charge is 0.508 e. The molecule has 0 aliphatic carbocycles. The lowest BCUT2D eigenvalue weighted by Gasteiger charge is -2.07. The van der Waals surface area contributed by atoms with E-state index in [0.717, 1.165) is 21.2 Å². The Kier molecular flexibility index (Phi) is 3.27. The molecule has 0 saturated carbocycles. The SMILES string of the molecule is NCc1ccc(Br)c(-c2cccc(O)c2)c1. The smallest absolute Gasteiger partial charge is 0.116 e. The molecule has 0 saturated heterocycles. The zero-order valence-electron chi connectivity index (χ0n) is 8.65. The van der Waals surface area contributed by atoms with Gasteiger partial charge in [-0.3, -0.25) is 0 Å². The number of benzene rings is 2. The Hall–Kier alpha value is -1.32. The molecule has 0 aliphatic heterocycles. The average molecular weight is 278 g/mol. The van der Waals surface area contributed by atoms with Crippen LogP contribution in [0.15, 0.2) is 46.9 Å². The van der Waals surface area contributed by atoms with E-state index in [2.05, 4.69) is 15.9 Å². The predicted octanol–water partition coefficient (Wildman–Crippen LogP) is 3.28. The van der Waals surface area contributed by atoms with Gasteiger partial charge in [0, 0.05) is 11.0 Å². The molecule has 0 radical (unpaired) electrons. The Morgan fingerprint density at radius 2 is 1.94 bits per heavy atom. The number of aromatic hydroxyl groups is 1. The van der Waals surface area contributed by atoms with Gasteiger partial charge in [0.15, 0.2) is 0 Å². The number of phenolic OH excluding ortho intramolecular Hbond substituents is 1. The van der Waals surface area contributed by atoms with Crippen molar-refractivity contribution in [3.05, 3.63) is 52.5 Å². The van der Waals surface area contributed by atoms with Gasteiger partial charge in [-0.05, 0) is 41.0 Å². The lowest BCUT2D eigenvalue weighted by molar-refractivity contribution is 0.475. The summed E-state index contributed by atoms with van der Waals surface area (Å²) in [7, 11) is 0. The second-order valence-electron chi connectivity index (χ2n) is 3.57. The standard InChI is InChI=1S/C13H12BrNO/c14-13-5-4-9(8-15)6-12(13)10-2-1-3-11(16)7-10/h1-7,16H,8,15H2. The van der Waals surface area contributed by atoms with E-state index in [0.29, 0.717) is 6.54 Å². The van der Waals surface area contributed by atoms with Gasteiger partial charge < -0.3 is 10.8 Å². The monoisotopic (exact) mass is 277 g/mol. The van der Waals surface area contributed by atoms with Crippen molar-refractivity contribution in [3.63, 3.8) is 0 Å². The third kappa shape index (κ3) is 2.26. The summed E-state index contributed by atoms with van der Waals surface area (Å²) in [5, 5.41) is 9.45. The molecule has 0 unspecified atom stereocenters. The Labute approximate surface area is 103 Å². The topological polar surface area (TPSA) is 46.2 Å². The summed E-state index contributed by atoms with van der Waals surface area (Å²) >= 11 is 3.50. The molecule has 82 valence electrons. The quantitative estimate of drug-likeness (QED) is 0.885.